The molecular weight excluding hydrogens is 283 g/mol. The number of carbonyl (C=O) groups is 2. The zero-order chi connectivity index (χ0) is 9.16. The van der Waals surface area contributed by atoms with Crippen LogP contribution in [0.4, 0.5) is 0 Å². The maximum absolute atomic E-state index is 11.4. The van der Waals surface area contributed by atoms with Crippen LogP contribution in [0.5, 0.6) is 0 Å². The van der Waals surface area contributed by atoms with Crippen LogP contribution < -0.4 is 0 Å². The van der Waals surface area contributed by atoms with Crippen molar-refractivity contribution in [3.63, 3.8) is 0 Å². The third kappa shape index (κ3) is 0.899. The third-order valence-corrected chi connectivity index (χ3v) is 5.10. The Morgan fingerprint density at radius 2 is 1.85 bits per heavy atom. The summed E-state index contributed by atoms with van der Waals surface area (Å²) in [4.78, 5) is 22.7. The molecule has 2 saturated carbocycles. The summed E-state index contributed by atoms with van der Waals surface area (Å²) in [5.74, 6) is 0.150. The van der Waals surface area contributed by atoms with Gasteiger partial charge in [0.2, 0.25) is 0 Å². The average Bonchev–Trinajstić information content (AvgIpc) is 2.64. The molecule has 1 heterocycles. The molecule has 3 fully saturated rings. The number of halogens is 1. The number of rotatable bonds is 0. The summed E-state index contributed by atoms with van der Waals surface area (Å²) in [5, 5.41) is 0. The molecule has 0 spiro atoms. The molecule has 3 rings (SSSR count). The SMILES string of the molecule is O=C1OC(=O)C2C3CC(CC3I)C12. The minimum atomic E-state index is -0.260. The van der Waals surface area contributed by atoms with E-state index in [1.54, 1.807) is 0 Å². The number of ether oxygens (including phenoxy) is 1. The number of fused-ring (bicyclic) bond motifs is 5. The van der Waals surface area contributed by atoms with Crippen LogP contribution in [0.25, 0.3) is 0 Å². The molecule has 3 aliphatic rings. The van der Waals surface area contributed by atoms with E-state index in [1.165, 1.54) is 0 Å². The van der Waals surface area contributed by atoms with E-state index in [0.717, 1.165) is 12.8 Å². The van der Waals surface area contributed by atoms with Crippen LogP contribution in [0.1, 0.15) is 12.8 Å². The summed E-state index contributed by atoms with van der Waals surface area (Å²) in [6, 6.07) is 0. The molecule has 0 aromatic rings. The highest BCUT2D eigenvalue weighted by Crippen LogP contribution is 2.57. The Kier molecular flexibility index (Phi) is 1.55. The van der Waals surface area contributed by atoms with Gasteiger partial charge in [0.15, 0.2) is 0 Å². The Morgan fingerprint density at radius 3 is 2.62 bits per heavy atom. The lowest BCUT2D eigenvalue weighted by Gasteiger charge is -2.22. The van der Waals surface area contributed by atoms with Crippen molar-refractivity contribution >= 4 is 34.5 Å². The van der Waals surface area contributed by atoms with Crippen LogP contribution in [-0.2, 0) is 14.3 Å². The fraction of sp³-hybridized carbons (Fsp3) is 0.778. The van der Waals surface area contributed by atoms with Crippen LogP contribution in [0.15, 0.2) is 0 Å². The number of hydrogen-bond donors (Lipinski definition) is 0. The quantitative estimate of drug-likeness (QED) is 0.291. The molecule has 0 aromatic carbocycles. The summed E-state index contributed by atoms with van der Waals surface area (Å²) in [7, 11) is 0. The predicted octanol–water partition coefficient (Wildman–Crippen LogP) is 1.15. The van der Waals surface area contributed by atoms with E-state index in [4.69, 9.17) is 0 Å². The second kappa shape index (κ2) is 2.46. The first-order valence-electron chi connectivity index (χ1n) is 4.58. The second-order valence-corrected chi connectivity index (χ2v) is 5.80. The maximum atomic E-state index is 11.4. The maximum Gasteiger partial charge on any atom is 0.317 e. The fourth-order valence-electron chi connectivity index (χ4n) is 3.18. The molecule has 1 aliphatic heterocycles. The van der Waals surface area contributed by atoms with Gasteiger partial charge in [-0.2, -0.15) is 0 Å². The van der Waals surface area contributed by atoms with Crippen molar-refractivity contribution < 1.29 is 14.3 Å². The Hall–Kier alpha value is -0.130. The van der Waals surface area contributed by atoms with Crippen LogP contribution >= 0.6 is 22.6 Å². The molecule has 3 nitrogen and oxygen atoms in total. The minimum Gasteiger partial charge on any atom is -0.393 e. The summed E-state index contributed by atoms with van der Waals surface area (Å²) in [6.07, 6.45) is 2.15. The Labute approximate surface area is 89.3 Å². The molecule has 1 saturated heterocycles. The largest absolute Gasteiger partial charge is 0.393 e. The lowest BCUT2D eigenvalue weighted by Crippen LogP contribution is -2.30. The van der Waals surface area contributed by atoms with E-state index in [0.29, 0.717) is 15.8 Å². The van der Waals surface area contributed by atoms with Crippen molar-refractivity contribution in [2.75, 3.05) is 0 Å². The van der Waals surface area contributed by atoms with Crippen LogP contribution in [0, 0.1) is 23.7 Å². The fourth-order valence-corrected chi connectivity index (χ4v) is 4.57. The summed E-state index contributed by atoms with van der Waals surface area (Å²) < 4.78 is 5.25. The molecule has 0 amide bonds. The summed E-state index contributed by atoms with van der Waals surface area (Å²) >= 11 is 2.40. The van der Waals surface area contributed by atoms with Gasteiger partial charge in [-0.3, -0.25) is 9.59 Å². The van der Waals surface area contributed by atoms with Gasteiger partial charge in [-0.1, -0.05) is 22.6 Å². The van der Waals surface area contributed by atoms with E-state index in [2.05, 4.69) is 27.3 Å². The van der Waals surface area contributed by atoms with E-state index in [-0.39, 0.29) is 23.8 Å². The van der Waals surface area contributed by atoms with Crippen LogP contribution in [-0.4, -0.2) is 15.9 Å². The van der Waals surface area contributed by atoms with Gasteiger partial charge < -0.3 is 4.74 Å². The highest BCUT2D eigenvalue weighted by molar-refractivity contribution is 14.1. The molecule has 2 aliphatic carbocycles. The van der Waals surface area contributed by atoms with Gasteiger partial charge >= 0.3 is 11.9 Å². The molecule has 70 valence electrons. The third-order valence-electron chi connectivity index (χ3n) is 3.67. The topological polar surface area (TPSA) is 43.4 Å². The van der Waals surface area contributed by atoms with E-state index in [1.807, 2.05) is 0 Å². The molecule has 4 heteroatoms. The minimum absolute atomic E-state index is 0.0801. The van der Waals surface area contributed by atoms with Crippen molar-refractivity contribution in [1.29, 1.82) is 0 Å². The highest BCUT2D eigenvalue weighted by atomic mass is 127. The van der Waals surface area contributed by atoms with Crippen molar-refractivity contribution in [3.8, 4) is 0 Å². The Balaban J connectivity index is 2.00. The monoisotopic (exact) mass is 292 g/mol. The first-order valence-corrected chi connectivity index (χ1v) is 5.82. The Bertz CT molecular complexity index is 301. The molecule has 2 bridgehead atoms. The van der Waals surface area contributed by atoms with E-state index < -0.39 is 0 Å². The van der Waals surface area contributed by atoms with Crippen molar-refractivity contribution in [3.05, 3.63) is 0 Å². The highest BCUT2D eigenvalue weighted by Gasteiger charge is 2.62. The number of esters is 2. The Morgan fingerprint density at radius 1 is 1.15 bits per heavy atom. The molecule has 0 radical (unpaired) electrons. The van der Waals surface area contributed by atoms with Gasteiger partial charge in [-0.25, -0.2) is 0 Å². The number of hydrogen-bond acceptors (Lipinski definition) is 3. The summed E-state index contributed by atoms with van der Waals surface area (Å²) in [5.41, 5.74) is 0. The first-order chi connectivity index (χ1) is 6.18. The lowest BCUT2D eigenvalue weighted by atomic mass is 9.81. The van der Waals surface area contributed by atoms with Gasteiger partial charge in [0.1, 0.15) is 0 Å². The van der Waals surface area contributed by atoms with Crippen molar-refractivity contribution in [2.24, 2.45) is 23.7 Å². The second-order valence-electron chi connectivity index (χ2n) is 4.20. The lowest BCUT2D eigenvalue weighted by molar-refractivity contribution is -0.154. The summed E-state index contributed by atoms with van der Waals surface area (Å²) in [6.45, 7) is 0. The molecule has 13 heavy (non-hydrogen) atoms. The zero-order valence-corrected chi connectivity index (χ0v) is 9.06. The van der Waals surface area contributed by atoms with Gasteiger partial charge in [-0.15, -0.1) is 0 Å². The van der Waals surface area contributed by atoms with E-state index >= 15 is 0 Å². The van der Waals surface area contributed by atoms with Crippen molar-refractivity contribution in [2.45, 2.75) is 16.8 Å². The standard InChI is InChI=1S/C9H9IO3/c10-5-2-3-1-4(5)7-6(3)8(11)13-9(7)12/h3-7H,1-2H2. The number of cyclic esters (lactones) is 2. The molecular formula is C9H9IO3. The van der Waals surface area contributed by atoms with Crippen LogP contribution in [0.2, 0.25) is 0 Å². The number of alkyl halides is 1. The first kappa shape index (κ1) is 8.20. The molecule has 0 N–H and O–H groups in total. The zero-order valence-electron chi connectivity index (χ0n) is 6.90. The van der Waals surface area contributed by atoms with Gasteiger partial charge in [-0.05, 0) is 24.7 Å². The predicted molar refractivity (Wildman–Crippen MR) is 52.1 cm³/mol. The molecule has 0 aromatic heterocycles. The molecule has 5 atom stereocenters. The van der Waals surface area contributed by atoms with Gasteiger partial charge in [0, 0.05) is 3.92 Å². The number of carbonyl (C=O) groups excluding carboxylic acids is 2. The van der Waals surface area contributed by atoms with Gasteiger partial charge in [0.25, 0.3) is 0 Å². The average molecular weight is 292 g/mol. The molecule has 5 unspecified atom stereocenters. The van der Waals surface area contributed by atoms with Gasteiger partial charge in [0.05, 0.1) is 11.8 Å². The van der Waals surface area contributed by atoms with Crippen LogP contribution in [0.3, 0.4) is 0 Å². The van der Waals surface area contributed by atoms with E-state index in [9.17, 15) is 9.59 Å². The smallest absolute Gasteiger partial charge is 0.317 e. The normalized spacial score (nSPS) is 52.5. The van der Waals surface area contributed by atoms with Crippen molar-refractivity contribution in [1.82, 2.24) is 0 Å².